The molecule has 11 nitrogen and oxygen atoms in total. The molecule has 4 amide bonds. The number of aromatic nitrogens is 1. The fraction of sp³-hybridized carbons (Fsp3) is 0.429. The van der Waals surface area contributed by atoms with Crippen LogP contribution in [0.3, 0.4) is 0 Å². The van der Waals surface area contributed by atoms with Crippen molar-refractivity contribution in [2.45, 2.75) is 45.2 Å². The van der Waals surface area contributed by atoms with E-state index >= 15 is 0 Å². The number of benzene rings is 1. The van der Waals surface area contributed by atoms with Gasteiger partial charge in [-0.25, -0.2) is 0 Å². The van der Waals surface area contributed by atoms with Crippen molar-refractivity contribution in [1.29, 1.82) is 0 Å². The summed E-state index contributed by atoms with van der Waals surface area (Å²) in [6.07, 6.45) is 12.2. The van der Waals surface area contributed by atoms with Gasteiger partial charge in [-0.15, -0.1) is 0 Å². The summed E-state index contributed by atoms with van der Waals surface area (Å²) in [7, 11) is 2.17. The van der Waals surface area contributed by atoms with Crippen LogP contribution in [-0.4, -0.2) is 102 Å². The first kappa shape index (κ1) is 31.5. The topological polar surface area (TPSA) is 144 Å². The van der Waals surface area contributed by atoms with Gasteiger partial charge in [0.15, 0.2) is 0 Å². The summed E-state index contributed by atoms with van der Waals surface area (Å²) >= 11 is 0. The molecule has 5 N–H and O–H groups in total. The predicted molar refractivity (Wildman–Crippen MR) is 178 cm³/mol. The van der Waals surface area contributed by atoms with Gasteiger partial charge in [0.1, 0.15) is 6.04 Å². The number of H-pyrrole nitrogens is 1. The molecule has 1 aliphatic carbocycles. The lowest BCUT2D eigenvalue weighted by molar-refractivity contribution is -0.120. The molecular weight excluding hydrogens is 582 g/mol. The maximum atomic E-state index is 13.7. The van der Waals surface area contributed by atoms with Crippen LogP contribution in [0.15, 0.2) is 42.5 Å². The number of likely N-dealkylation sites (tertiary alicyclic amines) is 1. The van der Waals surface area contributed by atoms with Gasteiger partial charge in [0.05, 0.1) is 11.1 Å². The van der Waals surface area contributed by atoms with E-state index < -0.39 is 17.9 Å². The quantitative estimate of drug-likeness (QED) is 0.349. The Morgan fingerprint density at radius 1 is 1.04 bits per heavy atom. The van der Waals surface area contributed by atoms with E-state index in [0.717, 1.165) is 37.4 Å². The van der Waals surface area contributed by atoms with Gasteiger partial charge in [0, 0.05) is 66.3 Å². The van der Waals surface area contributed by atoms with Crippen molar-refractivity contribution in [2.24, 2.45) is 11.7 Å². The van der Waals surface area contributed by atoms with E-state index in [1.807, 2.05) is 43.1 Å². The molecule has 2 fully saturated rings. The summed E-state index contributed by atoms with van der Waals surface area (Å²) in [5.41, 5.74) is 10.3. The van der Waals surface area contributed by atoms with Crippen molar-refractivity contribution in [1.82, 2.24) is 25.0 Å². The number of hydrogen-bond donors (Lipinski definition) is 4. The van der Waals surface area contributed by atoms with Crippen molar-refractivity contribution >= 4 is 41.0 Å². The maximum Gasteiger partial charge on any atom is 0.256 e. The van der Waals surface area contributed by atoms with Crippen molar-refractivity contribution in [3.05, 3.63) is 76.1 Å². The highest BCUT2D eigenvalue weighted by atomic mass is 16.2. The van der Waals surface area contributed by atoms with Gasteiger partial charge in [-0.3, -0.25) is 24.1 Å². The third-order valence-electron chi connectivity index (χ3n) is 9.88. The molecule has 242 valence electrons. The highest BCUT2D eigenvalue weighted by molar-refractivity contribution is 6.35. The van der Waals surface area contributed by atoms with Gasteiger partial charge in [0.25, 0.3) is 17.7 Å². The van der Waals surface area contributed by atoms with E-state index in [0.29, 0.717) is 59.2 Å². The van der Waals surface area contributed by atoms with Crippen LogP contribution in [0, 0.1) is 19.8 Å². The number of anilines is 1. The molecule has 0 radical (unpaired) electrons. The Morgan fingerprint density at radius 3 is 2.46 bits per heavy atom. The number of aromatic amines is 1. The molecule has 4 aliphatic rings. The van der Waals surface area contributed by atoms with Crippen molar-refractivity contribution in [3.63, 3.8) is 0 Å². The Labute approximate surface area is 269 Å². The fourth-order valence-electron chi connectivity index (χ4n) is 7.13. The first-order chi connectivity index (χ1) is 22.1. The standard InChI is InChI=1S/C35H43N7O4/c1-21-29(37-22(2)30(21)35(46)42-17-15-41(16-18-42)25-11-13-40(3)14-12-25)20-27-26-19-24(9-10-28(26)38-34(27)45)33(44)39-31(32(36)43)23-7-5-4-6-8-23/h4-7,9-10,19-20,23,25,31,37H,8,11-18H2,1-3H3,(H2,36,43)(H,38,45)(H,39,44). The minimum Gasteiger partial charge on any atom is -0.368 e. The molecule has 2 atom stereocenters. The lowest BCUT2D eigenvalue weighted by Gasteiger charge is -2.42. The number of primary amides is 1. The molecule has 0 spiro atoms. The number of nitrogens with one attached hydrogen (secondary N) is 3. The minimum absolute atomic E-state index is 0.00136. The Morgan fingerprint density at radius 2 is 1.78 bits per heavy atom. The fourth-order valence-corrected chi connectivity index (χ4v) is 7.13. The van der Waals surface area contributed by atoms with Crippen molar-refractivity contribution < 1.29 is 19.2 Å². The van der Waals surface area contributed by atoms with Gasteiger partial charge in [-0.1, -0.05) is 24.3 Å². The zero-order valence-electron chi connectivity index (χ0n) is 26.8. The molecule has 1 aromatic carbocycles. The van der Waals surface area contributed by atoms with Gasteiger partial charge >= 0.3 is 0 Å². The SMILES string of the molecule is Cc1[nH]c(C=C2C(=O)Nc3ccc(C(=O)NC(C(N)=O)C4C=CC=CC4)cc32)c(C)c1C(=O)N1CCN(C2CCN(C)CC2)CC1. The number of nitrogens with two attached hydrogens (primary N) is 1. The molecule has 0 saturated carbocycles. The monoisotopic (exact) mass is 625 g/mol. The Kier molecular flexibility index (Phi) is 8.97. The maximum absolute atomic E-state index is 13.7. The average Bonchev–Trinajstić information content (AvgIpc) is 3.52. The number of allylic oxidation sites excluding steroid dienone is 3. The second-order valence-corrected chi connectivity index (χ2v) is 12.9. The van der Waals surface area contributed by atoms with Gasteiger partial charge in [-0.2, -0.15) is 0 Å². The minimum atomic E-state index is -0.866. The predicted octanol–water partition coefficient (Wildman–Crippen LogP) is 2.69. The molecule has 4 heterocycles. The summed E-state index contributed by atoms with van der Waals surface area (Å²) in [5.74, 6) is -1.60. The second kappa shape index (κ2) is 13.1. The largest absolute Gasteiger partial charge is 0.368 e. The molecule has 6 rings (SSSR count). The number of piperazine rings is 1. The third kappa shape index (κ3) is 6.29. The molecule has 2 unspecified atom stereocenters. The van der Waals surface area contributed by atoms with Crippen LogP contribution in [0.2, 0.25) is 0 Å². The van der Waals surface area contributed by atoms with Gasteiger partial charge in [0.2, 0.25) is 5.91 Å². The number of amides is 4. The molecule has 11 heteroatoms. The van der Waals surface area contributed by atoms with Crippen LogP contribution in [0.5, 0.6) is 0 Å². The first-order valence-corrected chi connectivity index (χ1v) is 16.1. The number of nitrogens with zero attached hydrogens (tertiary/aromatic N) is 3. The van der Waals surface area contributed by atoms with E-state index in [4.69, 9.17) is 5.73 Å². The summed E-state index contributed by atoms with van der Waals surface area (Å²) in [6.45, 7) is 9.15. The number of fused-ring (bicyclic) bond motifs is 1. The summed E-state index contributed by atoms with van der Waals surface area (Å²) < 4.78 is 0. The summed E-state index contributed by atoms with van der Waals surface area (Å²) in [6, 6.07) is 4.65. The first-order valence-electron chi connectivity index (χ1n) is 16.1. The van der Waals surface area contributed by atoms with E-state index in [9.17, 15) is 19.2 Å². The zero-order chi connectivity index (χ0) is 32.5. The normalized spacial score (nSPS) is 22.2. The lowest BCUT2D eigenvalue weighted by Crippen LogP contribution is -2.54. The van der Waals surface area contributed by atoms with E-state index in [-0.39, 0.29) is 17.7 Å². The Bertz CT molecular complexity index is 1640. The number of aryl methyl sites for hydroxylation is 1. The van der Waals surface area contributed by atoms with Crippen LogP contribution >= 0.6 is 0 Å². The molecule has 0 bridgehead atoms. The Hall–Kier alpha value is -4.48. The van der Waals surface area contributed by atoms with Gasteiger partial charge < -0.3 is 31.2 Å². The van der Waals surface area contributed by atoms with E-state index in [1.165, 1.54) is 12.8 Å². The molecular formula is C35H43N7O4. The van der Waals surface area contributed by atoms with Crippen LogP contribution in [0.4, 0.5) is 5.69 Å². The lowest BCUT2D eigenvalue weighted by atomic mass is 9.92. The third-order valence-corrected chi connectivity index (χ3v) is 9.88. The van der Waals surface area contributed by atoms with Crippen molar-refractivity contribution in [2.75, 3.05) is 51.6 Å². The second-order valence-electron chi connectivity index (χ2n) is 12.9. The van der Waals surface area contributed by atoms with Crippen LogP contribution in [0.25, 0.3) is 11.6 Å². The molecule has 3 aliphatic heterocycles. The number of hydrogen-bond acceptors (Lipinski definition) is 6. The zero-order valence-corrected chi connectivity index (χ0v) is 26.8. The number of rotatable bonds is 7. The highest BCUT2D eigenvalue weighted by Gasteiger charge is 2.32. The van der Waals surface area contributed by atoms with Gasteiger partial charge in [-0.05, 0) is 83.1 Å². The number of piperidine rings is 1. The Balaban J connectivity index is 1.18. The molecule has 2 saturated heterocycles. The molecule has 2 aromatic rings. The van der Waals surface area contributed by atoms with E-state index in [2.05, 4.69) is 32.5 Å². The smallest absolute Gasteiger partial charge is 0.256 e. The average molecular weight is 626 g/mol. The molecule has 1 aromatic heterocycles. The van der Waals surface area contributed by atoms with E-state index in [1.54, 1.807) is 24.3 Å². The summed E-state index contributed by atoms with van der Waals surface area (Å²) in [5, 5.41) is 5.65. The van der Waals surface area contributed by atoms with Crippen LogP contribution in [0.1, 0.15) is 62.5 Å². The molecule has 46 heavy (non-hydrogen) atoms. The summed E-state index contributed by atoms with van der Waals surface area (Å²) in [4.78, 5) is 62.5. The number of carbonyl (C=O) groups is 4. The number of carbonyl (C=O) groups excluding carboxylic acids is 4. The van der Waals surface area contributed by atoms with Crippen LogP contribution < -0.4 is 16.4 Å². The van der Waals surface area contributed by atoms with Crippen LogP contribution in [-0.2, 0) is 9.59 Å². The van der Waals surface area contributed by atoms with Crippen molar-refractivity contribution in [3.8, 4) is 0 Å². The highest BCUT2D eigenvalue weighted by Crippen LogP contribution is 2.35.